The van der Waals surface area contributed by atoms with Crippen molar-refractivity contribution in [2.45, 2.75) is 59.0 Å². The van der Waals surface area contributed by atoms with E-state index in [1.54, 1.807) is 30.0 Å². The van der Waals surface area contributed by atoms with E-state index in [9.17, 15) is 14.4 Å². The van der Waals surface area contributed by atoms with Crippen LogP contribution in [-0.2, 0) is 9.53 Å². The number of unbranched alkanes of at least 4 members (excludes halogenated alkanes) is 1. The normalized spacial score (nSPS) is 15.9. The number of benzene rings is 2. The van der Waals surface area contributed by atoms with E-state index in [1.165, 1.54) is 0 Å². The standard InChI is InChI=1S/C28H36N4O4/c1-6-8-17-32-24(19-13-10-9-11-14-19)22(25(33)36-7-2)23(30-27(32)35)20-15-12-16-21(18-20)29-26(34)31-28(3,4)5/h9-16,18,23H,6-8,17H2,1-5H3,(H,30,35)(H2,29,31,34)/t23-/m1/s1. The highest BCUT2D eigenvalue weighted by molar-refractivity contribution is 6.04. The highest BCUT2D eigenvalue weighted by atomic mass is 16.5. The minimum absolute atomic E-state index is 0.203. The molecule has 0 aromatic heterocycles. The first kappa shape index (κ1) is 26.8. The van der Waals surface area contributed by atoms with Gasteiger partial charge in [0, 0.05) is 17.8 Å². The molecule has 2 aromatic rings. The summed E-state index contributed by atoms with van der Waals surface area (Å²) in [6, 6.07) is 15.2. The van der Waals surface area contributed by atoms with Crippen LogP contribution in [0.3, 0.4) is 0 Å². The second-order valence-corrected chi connectivity index (χ2v) is 9.69. The van der Waals surface area contributed by atoms with Gasteiger partial charge in [-0.2, -0.15) is 0 Å². The van der Waals surface area contributed by atoms with E-state index in [1.807, 2.05) is 57.2 Å². The van der Waals surface area contributed by atoms with E-state index in [-0.39, 0.29) is 18.7 Å². The Morgan fingerprint density at radius 3 is 2.42 bits per heavy atom. The maximum atomic E-state index is 13.4. The van der Waals surface area contributed by atoms with Crippen molar-refractivity contribution in [3.63, 3.8) is 0 Å². The van der Waals surface area contributed by atoms with Gasteiger partial charge in [-0.15, -0.1) is 0 Å². The maximum absolute atomic E-state index is 13.4. The minimum Gasteiger partial charge on any atom is -0.463 e. The molecule has 0 aliphatic carbocycles. The first-order valence-corrected chi connectivity index (χ1v) is 12.4. The fourth-order valence-electron chi connectivity index (χ4n) is 4.07. The smallest absolute Gasteiger partial charge is 0.338 e. The number of nitrogens with zero attached hydrogens (tertiary/aromatic N) is 1. The third-order valence-corrected chi connectivity index (χ3v) is 5.57. The van der Waals surface area contributed by atoms with Crippen LogP contribution in [0, 0.1) is 0 Å². The van der Waals surface area contributed by atoms with Gasteiger partial charge in [0.05, 0.1) is 23.9 Å². The van der Waals surface area contributed by atoms with Gasteiger partial charge in [0.2, 0.25) is 0 Å². The molecular weight excluding hydrogens is 456 g/mol. The molecule has 192 valence electrons. The van der Waals surface area contributed by atoms with Gasteiger partial charge in [-0.3, -0.25) is 4.90 Å². The van der Waals surface area contributed by atoms with Gasteiger partial charge >= 0.3 is 18.0 Å². The molecule has 1 atom stereocenters. The van der Waals surface area contributed by atoms with Gasteiger partial charge < -0.3 is 20.7 Å². The summed E-state index contributed by atoms with van der Waals surface area (Å²) >= 11 is 0. The van der Waals surface area contributed by atoms with Crippen molar-refractivity contribution >= 4 is 29.4 Å². The molecule has 0 unspecified atom stereocenters. The van der Waals surface area contributed by atoms with Crippen LogP contribution in [0.4, 0.5) is 15.3 Å². The van der Waals surface area contributed by atoms with E-state index >= 15 is 0 Å². The van der Waals surface area contributed by atoms with Gasteiger partial charge in [-0.25, -0.2) is 14.4 Å². The summed E-state index contributed by atoms with van der Waals surface area (Å²) < 4.78 is 5.47. The van der Waals surface area contributed by atoms with Crippen LogP contribution >= 0.6 is 0 Å². The van der Waals surface area contributed by atoms with Crippen molar-refractivity contribution in [1.82, 2.24) is 15.5 Å². The molecule has 0 fully saturated rings. The number of amides is 4. The van der Waals surface area contributed by atoms with Crippen molar-refractivity contribution < 1.29 is 19.1 Å². The van der Waals surface area contributed by atoms with Gasteiger partial charge in [0.15, 0.2) is 0 Å². The lowest BCUT2D eigenvalue weighted by atomic mass is 9.91. The van der Waals surface area contributed by atoms with Gasteiger partial charge in [-0.1, -0.05) is 55.8 Å². The summed E-state index contributed by atoms with van der Waals surface area (Å²) in [5.41, 5.74) is 2.46. The molecular formula is C28H36N4O4. The number of hydrogen-bond acceptors (Lipinski definition) is 4. The highest BCUT2D eigenvalue weighted by Gasteiger charge is 2.38. The third-order valence-electron chi connectivity index (χ3n) is 5.57. The number of ether oxygens (including phenoxy) is 1. The number of carbonyl (C=O) groups excluding carboxylic acids is 3. The summed E-state index contributed by atoms with van der Waals surface area (Å²) in [5.74, 6) is -0.494. The van der Waals surface area contributed by atoms with E-state index in [0.29, 0.717) is 29.1 Å². The van der Waals surface area contributed by atoms with Crippen LogP contribution in [0.5, 0.6) is 0 Å². The topological polar surface area (TPSA) is 99.8 Å². The minimum atomic E-state index is -0.753. The zero-order valence-corrected chi connectivity index (χ0v) is 21.7. The van der Waals surface area contributed by atoms with Crippen molar-refractivity contribution in [2.75, 3.05) is 18.5 Å². The molecule has 4 amide bonds. The van der Waals surface area contributed by atoms with E-state index in [0.717, 1.165) is 18.4 Å². The molecule has 36 heavy (non-hydrogen) atoms. The molecule has 2 aromatic carbocycles. The monoisotopic (exact) mass is 492 g/mol. The Hall–Kier alpha value is -3.81. The molecule has 3 N–H and O–H groups in total. The van der Waals surface area contributed by atoms with Crippen LogP contribution < -0.4 is 16.0 Å². The Morgan fingerprint density at radius 1 is 1.06 bits per heavy atom. The van der Waals surface area contributed by atoms with Crippen LogP contribution in [0.1, 0.15) is 64.6 Å². The van der Waals surface area contributed by atoms with Crippen molar-refractivity contribution in [2.24, 2.45) is 0 Å². The third kappa shape index (κ3) is 6.65. The predicted octanol–water partition coefficient (Wildman–Crippen LogP) is 5.45. The van der Waals surface area contributed by atoms with Gasteiger partial charge in [0.1, 0.15) is 0 Å². The van der Waals surface area contributed by atoms with E-state index in [2.05, 4.69) is 22.9 Å². The molecule has 0 bridgehead atoms. The predicted molar refractivity (Wildman–Crippen MR) is 141 cm³/mol. The van der Waals surface area contributed by atoms with Crippen LogP contribution in [0.2, 0.25) is 0 Å². The highest BCUT2D eigenvalue weighted by Crippen LogP contribution is 2.37. The molecule has 0 radical (unpaired) electrons. The number of rotatable bonds is 8. The number of nitrogens with one attached hydrogen (secondary N) is 3. The molecule has 3 rings (SSSR count). The molecule has 8 heteroatoms. The second-order valence-electron chi connectivity index (χ2n) is 9.69. The van der Waals surface area contributed by atoms with Gasteiger partial charge in [0.25, 0.3) is 0 Å². The molecule has 0 saturated heterocycles. The molecule has 1 aliphatic heterocycles. The molecule has 1 aliphatic rings. The summed E-state index contributed by atoms with van der Waals surface area (Å²) in [4.78, 5) is 40.8. The van der Waals surface area contributed by atoms with Crippen LogP contribution in [-0.4, -0.2) is 41.6 Å². The van der Waals surface area contributed by atoms with Crippen LogP contribution in [0.25, 0.3) is 5.70 Å². The zero-order valence-electron chi connectivity index (χ0n) is 21.7. The lowest BCUT2D eigenvalue weighted by Crippen LogP contribution is -2.48. The summed E-state index contributed by atoms with van der Waals surface area (Å²) in [7, 11) is 0. The van der Waals surface area contributed by atoms with Crippen molar-refractivity contribution in [1.29, 1.82) is 0 Å². The van der Waals surface area contributed by atoms with Gasteiger partial charge in [-0.05, 0) is 57.4 Å². The summed E-state index contributed by atoms with van der Waals surface area (Å²) in [6.07, 6.45) is 1.68. The Kier molecular flexibility index (Phi) is 8.74. The van der Waals surface area contributed by atoms with Crippen molar-refractivity contribution in [3.05, 3.63) is 71.3 Å². The summed E-state index contributed by atoms with van der Waals surface area (Å²) in [5, 5.41) is 8.69. The molecule has 1 heterocycles. The quantitative estimate of drug-likeness (QED) is 0.427. The number of urea groups is 2. The maximum Gasteiger partial charge on any atom is 0.338 e. The first-order valence-electron chi connectivity index (χ1n) is 12.4. The Morgan fingerprint density at radius 2 is 1.78 bits per heavy atom. The number of anilines is 1. The lowest BCUT2D eigenvalue weighted by molar-refractivity contribution is -0.138. The second kappa shape index (κ2) is 11.7. The Labute approximate surface area is 213 Å². The Bertz CT molecular complexity index is 1120. The average molecular weight is 493 g/mol. The summed E-state index contributed by atoms with van der Waals surface area (Å²) in [6.45, 7) is 10.2. The number of hydrogen-bond donors (Lipinski definition) is 3. The fourth-order valence-corrected chi connectivity index (χ4v) is 4.07. The number of carbonyl (C=O) groups is 3. The van der Waals surface area contributed by atoms with Crippen molar-refractivity contribution in [3.8, 4) is 0 Å². The average Bonchev–Trinajstić information content (AvgIpc) is 2.82. The zero-order chi connectivity index (χ0) is 26.3. The Balaban J connectivity index is 2.11. The largest absolute Gasteiger partial charge is 0.463 e. The SMILES string of the molecule is CCCCN1C(=O)N[C@H](c2cccc(NC(=O)NC(C)(C)C)c2)C(C(=O)OCC)=C1c1ccccc1. The molecule has 8 nitrogen and oxygen atoms in total. The first-order chi connectivity index (χ1) is 17.1. The lowest BCUT2D eigenvalue weighted by Gasteiger charge is -2.37. The number of esters is 1. The van der Waals surface area contributed by atoms with Crippen LogP contribution in [0.15, 0.2) is 60.2 Å². The van der Waals surface area contributed by atoms with E-state index in [4.69, 9.17) is 4.74 Å². The fraction of sp³-hybridized carbons (Fsp3) is 0.393. The van der Waals surface area contributed by atoms with E-state index < -0.39 is 17.6 Å². The molecule has 0 spiro atoms. The molecule has 0 saturated carbocycles.